The molecule has 1 aliphatic rings. The van der Waals surface area contributed by atoms with Gasteiger partial charge in [0.15, 0.2) is 10.8 Å². The Balaban J connectivity index is 1.80. The van der Waals surface area contributed by atoms with Crippen LogP contribution in [0.4, 0.5) is 0 Å². The van der Waals surface area contributed by atoms with Gasteiger partial charge >= 0.3 is 0 Å². The zero-order valence-corrected chi connectivity index (χ0v) is 13.7. The minimum absolute atomic E-state index is 0.102. The molecule has 1 saturated heterocycles. The quantitative estimate of drug-likeness (QED) is 0.937. The number of carbonyl (C=O) groups is 1. The number of thiazole rings is 1. The van der Waals surface area contributed by atoms with E-state index in [2.05, 4.69) is 17.2 Å². The van der Waals surface area contributed by atoms with Crippen LogP contribution in [0.15, 0.2) is 22.8 Å². The van der Waals surface area contributed by atoms with Crippen molar-refractivity contribution in [1.82, 2.24) is 10.3 Å². The summed E-state index contributed by atoms with van der Waals surface area (Å²) >= 11 is 1.48. The van der Waals surface area contributed by atoms with E-state index in [0.717, 1.165) is 29.1 Å². The van der Waals surface area contributed by atoms with E-state index in [0.29, 0.717) is 24.7 Å². The van der Waals surface area contributed by atoms with Crippen molar-refractivity contribution in [3.8, 4) is 10.8 Å². The van der Waals surface area contributed by atoms with E-state index in [-0.39, 0.29) is 11.4 Å². The molecule has 118 valence electrons. The van der Waals surface area contributed by atoms with Gasteiger partial charge in [-0.25, -0.2) is 4.98 Å². The largest absolute Gasteiger partial charge is 0.462 e. The van der Waals surface area contributed by atoms with Crippen LogP contribution in [0.1, 0.15) is 41.6 Å². The molecule has 6 heteroatoms. The number of nitrogens with one attached hydrogen (secondary N) is 1. The third-order valence-corrected chi connectivity index (χ3v) is 5.23. The molecule has 1 aliphatic heterocycles. The number of amides is 1. The lowest BCUT2D eigenvalue weighted by Crippen LogP contribution is -2.51. The first-order chi connectivity index (χ1) is 10.6. The van der Waals surface area contributed by atoms with Crippen molar-refractivity contribution in [2.75, 3.05) is 13.2 Å². The fraction of sp³-hybridized carbons (Fsp3) is 0.500. The number of rotatable bonds is 4. The molecule has 5 nitrogen and oxygen atoms in total. The fourth-order valence-electron chi connectivity index (χ4n) is 2.74. The molecule has 2 aromatic rings. The van der Waals surface area contributed by atoms with Gasteiger partial charge in [0.25, 0.3) is 5.91 Å². The molecule has 1 fully saturated rings. The first kappa shape index (κ1) is 15.2. The molecule has 0 atom stereocenters. The third-order valence-electron chi connectivity index (χ3n) is 4.25. The molecule has 0 spiro atoms. The lowest BCUT2D eigenvalue weighted by Gasteiger charge is -2.37. The van der Waals surface area contributed by atoms with Crippen LogP contribution in [0.3, 0.4) is 0 Å². The molecule has 0 saturated carbocycles. The number of aryl methyl sites for hydroxylation is 1. The molecule has 3 rings (SSSR count). The van der Waals surface area contributed by atoms with Crippen molar-refractivity contribution in [2.24, 2.45) is 0 Å². The van der Waals surface area contributed by atoms with Crippen LogP contribution in [0, 0.1) is 6.92 Å². The Kier molecular flexibility index (Phi) is 4.31. The van der Waals surface area contributed by atoms with Gasteiger partial charge < -0.3 is 14.5 Å². The molecule has 0 bridgehead atoms. The highest BCUT2D eigenvalue weighted by Gasteiger charge is 2.33. The van der Waals surface area contributed by atoms with Gasteiger partial charge in [-0.1, -0.05) is 6.92 Å². The third kappa shape index (κ3) is 2.94. The van der Waals surface area contributed by atoms with E-state index < -0.39 is 0 Å². The van der Waals surface area contributed by atoms with Gasteiger partial charge in [-0.05, 0) is 38.3 Å². The van der Waals surface area contributed by atoms with E-state index in [1.54, 1.807) is 6.26 Å². The first-order valence-electron chi connectivity index (χ1n) is 7.55. The number of hydrogen-bond donors (Lipinski definition) is 1. The summed E-state index contributed by atoms with van der Waals surface area (Å²) in [6, 6.07) is 3.67. The average Bonchev–Trinajstić information content (AvgIpc) is 3.17. The molecule has 0 aliphatic carbocycles. The molecular weight excluding hydrogens is 300 g/mol. The molecule has 1 amide bonds. The van der Waals surface area contributed by atoms with Crippen LogP contribution in [-0.4, -0.2) is 29.6 Å². The Morgan fingerprint density at radius 3 is 2.86 bits per heavy atom. The van der Waals surface area contributed by atoms with Crippen LogP contribution >= 0.6 is 11.3 Å². The highest BCUT2D eigenvalue weighted by atomic mass is 32.1. The minimum Gasteiger partial charge on any atom is -0.462 e. The van der Waals surface area contributed by atoms with Gasteiger partial charge in [0.05, 0.1) is 6.26 Å². The van der Waals surface area contributed by atoms with Crippen molar-refractivity contribution in [3.63, 3.8) is 0 Å². The van der Waals surface area contributed by atoms with Crippen LogP contribution in [0.25, 0.3) is 10.8 Å². The van der Waals surface area contributed by atoms with E-state index in [9.17, 15) is 4.79 Å². The van der Waals surface area contributed by atoms with Gasteiger partial charge in [-0.2, -0.15) is 0 Å². The van der Waals surface area contributed by atoms with E-state index in [4.69, 9.17) is 9.15 Å². The minimum atomic E-state index is -0.170. The maximum absolute atomic E-state index is 12.6. The van der Waals surface area contributed by atoms with Crippen molar-refractivity contribution in [1.29, 1.82) is 0 Å². The van der Waals surface area contributed by atoms with Crippen LogP contribution in [-0.2, 0) is 4.74 Å². The fourth-order valence-corrected chi connectivity index (χ4v) is 3.62. The second-order valence-corrected chi connectivity index (χ2v) is 6.80. The molecule has 2 aromatic heterocycles. The van der Waals surface area contributed by atoms with Gasteiger partial charge in [-0.15, -0.1) is 11.3 Å². The lowest BCUT2D eigenvalue weighted by molar-refractivity contribution is 0.0344. The summed E-state index contributed by atoms with van der Waals surface area (Å²) < 4.78 is 10.8. The second-order valence-electron chi connectivity index (χ2n) is 5.60. The monoisotopic (exact) mass is 320 g/mol. The summed E-state index contributed by atoms with van der Waals surface area (Å²) in [5.74, 6) is 0.596. The summed E-state index contributed by atoms with van der Waals surface area (Å²) in [6.07, 6.45) is 4.21. The zero-order chi connectivity index (χ0) is 15.6. The van der Waals surface area contributed by atoms with Crippen molar-refractivity contribution in [2.45, 2.75) is 38.6 Å². The number of furan rings is 1. The highest BCUT2D eigenvalue weighted by molar-refractivity contribution is 7.15. The van der Waals surface area contributed by atoms with Crippen molar-refractivity contribution < 1.29 is 13.9 Å². The van der Waals surface area contributed by atoms with Crippen LogP contribution < -0.4 is 5.32 Å². The summed E-state index contributed by atoms with van der Waals surface area (Å²) in [5, 5.41) is 3.93. The second kappa shape index (κ2) is 6.22. The smallest absolute Gasteiger partial charge is 0.271 e. The number of nitrogens with zero attached hydrogens (tertiary/aromatic N) is 1. The Hall–Kier alpha value is -1.66. The molecule has 0 aromatic carbocycles. The maximum Gasteiger partial charge on any atom is 0.271 e. The number of ether oxygens (including phenoxy) is 1. The summed E-state index contributed by atoms with van der Waals surface area (Å²) in [6.45, 7) is 5.42. The van der Waals surface area contributed by atoms with Gasteiger partial charge in [0.2, 0.25) is 0 Å². The van der Waals surface area contributed by atoms with E-state index in [1.165, 1.54) is 11.3 Å². The molecule has 1 N–H and O–H groups in total. The number of hydrogen-bond acceptors (Lipinski definition) is 5. The Bertz CT molecular complexity index is 642. The predicted molar refractivity (Wildman–Crippen MR) is 85.1 cm³/mol. The Labute approximate surface area is 133 Å². The Morgan fingerprint density at radius 2 is 2.23 bits per heavy atom. The molecule has 0 radical (unpaired) electrons. The number of carbonyl (C=O) groups excluding carboxylic acids is 1. The standard InChI is InChI=1S/C16H20N2O3S/c1-3-16(6-9-20-10-7-16)18-14(19)13-11(2)22-15(17-13)12-5-4-8-21-12/h4-5,8H,3,6-7,9-10H2,1-2H3,(H,18,19). The zero-order valence-electron chi connectivity index (χ0n) is 12.8. The number of aromatic nitrogens is 1. The SMILES string of the molecule is CCC1(NC(=O)c2nc(-c3ccco3)sc2C)CCOCC1. The first-order valence-corrected chi connectivity index (χ1v) is 8.37. The van der Waals surface area contributed by atoms with Crippen molar-refractivity contribution in [3.05, 3.63) is 29.0 Å². The van der Waals surface area contributed by atoms with Crippen LogP contribution in [0.2, 0.25) is 0 Å². The highest BCUT2D eigenvalue weighted by Crippen LogP contribution is 2.29. The van der Waals surface area contributed by atoms with Gasteiger partial charge in [-0.3, -0.25) is 4.79 Å². The normalized spacial score (nSPS) is 17.4. The average molecular weight is 320 g/mol. The molecular formula is C16H20N2O3S. The Morgan fingerprint density at radius 1 is 1.45 bits per heavy atom. The molecule has 22 heavy (non-hydrogen) atoms. The van der Waals surface area contributed by atoms with E-state index in [1.807, 2.05) is 19.1 Å². The molecule has 3 heterocycles. The molecule has 0 unspecified atom stereocenters. The predicted octanol–water partition coefficient (Wildman–Crippen LogP) is 3.40. The van der Waals surface area contributed by atoms with Gasteiger partial charge in [0, 0.05) is 23.6 Å². The maximum atomic E-state index is 12.6. The topological polar surface area (TPSA) is 64.4 Å². The van der Waals surface area contributed by atoms with Crippen molar-refractivity contribution >= 4 is 17.2 Å². The summed E-state index contributed by atoms with van der Waals surface area (Å²) in [5.41, 5.74) is 0.326. The summed E-state index contributed by atoms with van der Waals surface area (Å²) in [7, 11) is 0. The van der Waals surface area contributed by atoms with Crippen LogP contribution in [0.5, 0.6) is 0 Å². The van der Waals surface area contributed by atoms with Gasteiger partial charge in [0.1, 0.15) is 5.69 Å². The van der Waals surface area contributed by atoms with E-state index >= 15 is 0 Å². The lowest BCUT2D eigenvalue weighted by atomic mass is 9.87. The summed E-state index contributed by atoms with van der Waals surface area (Å²) in [4.78, 5) is 18.0.